The fourth-order valence-electron chi connectivity index (χ4n) is 3.73. The highest BCUT2D eigenvalue weighted by molar-refractivity contribution is 6.00. The van der Waals surface area contributed by atoms with Crippen LogP contribution >= 0.6 is 0 Å². The molecule has 4 amide bonds. The quantitative estimate of drug-likeness (QED) is 0.318. The molecule has 0 radical (unpaired) electrons. The number of nitrogens with two attached hydrogens (primary N) is 1. The molecule has 0 saturated heterocycles. The minimum absolute atomic E-state index is 0.294. The van der Waals surface area contributed by atoms with Crippen LogP contribution in [0.15, 0.2) is 48.5 Å². The Hall–Kier alpha value is -4.56. The Morgan fingerprint density at radius 1 is 1.10 bits per heavy atom. The van der Waals surface area contributed by atoms with E-state index in [0.29, 0.717) is 22.6 Å². The van der Waals surface area contributed by atoms with Gasteiger partial charge in [0.25, 0.3) is 5.91 Å². The fraction of sp³-hybridized carbons (Fsp3) is 0.357. The number of rotatable bonds is 11. The van der Waals surface area contributed by atoms with E-state index in [9.17, 15) is 24.3 Å². The van der Waals surface area contributed by atoms with E-state index < -0.39 is 54.5 Å². The van der Waals surface area contributed by atoms with Crippen LogP contribution in [0.2, 0.25) is 0 Å². The maximum Gasteiger partial charge on any atom is 0.408 e. The molecular weight excluding hydrogens is 504 g/mol. The number of hydrogen-bond acceptors (Lipinski definition) is 7. The van der Waals surface area contributed by atoms with Gasteiger partial charge in [-0.1, -0.05) is 24.1 Å². The number of benzene rings is 2. The molecule has 11 heteroatoms. The van der Waals surface area contributed by atoms with Gasteiger partial charge in [0, 0.05) is 17.8 Å². The summed E-state index contributed by atoms with van der Waals surface area (Å²) < 4.78 is 10.4. The highest BCUT2D eigenvalue weighted by Crippen LogP contribution is 2.27. The Morgan fingerprint density at radius 3 is 2.28 bits per heavy atom. The van der Waals surface area contributed by atoms with Crippen molar-refractivity contribution in [3.63, 3.8) is 0 Å². The van der Waals surface area contributed by atoms with Gasteiger partial charge in [0.1, 0.15) is 23.4 Å². The lowest BCUT2D eigenvalue weighted by atomic mass is 9.97. The van der Waals surface area contributed by atoms with Crippen LogP contribution in [-0.2, 0) is 19.1 Å². The number of anilines is 1. The fourth-order valence-corrected chi connectivity index (χ4v) is 3.73. The number of nitrogens with one attached hydrogen (secondary N) is 2. The highest BCUT2D eigenvalue weighted by atomic mass is 16.6. The summed E-state index contributed by atoms with van der Waals surface area (Å²) in [5.74, 6) is 0.693. The molecule has 2 atom stereocenters. The second-order valence-corrected chi connectivity index (χ2v) is 9.48. The van der Waals surface area contributed by atoms with Gasteiger partial charge in [0.2, 0.25) is 11.8 Å². The van der Waals surface area contributed by atoms with Crippen LogP contribution in [0.25, 0.3) is 0 Å². The van der Waals surface area contributed by atoms with Gasteiger partial charge in [-0.3, -0.25) is 14.4 Å². The van der Waals surface area contributed by atoms with E-state index in [-0.39, 0.29) is 6.54 Å². The molecule has 0 saturated carbocycles. The van der Waals surface area contributed by atoms with Crippen molar-refractivity contribution >= 4 is 29.5 Å². The van der Waals surface area contributed by atoms with Crippen molar-refractivity contribution in [1.82, 2.24) is 10.2 Å². The summed E-state index contributed by atoms with van der Waals surface area (Å²) in [4.78, 5) is 52.9. The Labute approximate surface area is 227 Å². The number of carbonyl (C=O) groups is 4. The van der Waals surface area contributed by atoms with Crippen LogP contribution < -0.4 is 21.1 Å². The lowest BCUT2D eigenvalue weighted by Gasteiger charge is -2.34. The smallest absolute Gasteiger partial charge is 0.408 e. The number of aliphatic hydroxyl groups is 1. The van der Waals surface area contributed by atoms with Crippen LogP contribution in [0, 0.1) is 12.3 Å². The molecule has 5 N–H and O–H groups in total. The lowest BCUT2D eigenvalue weighted by molar-refractivity contribution is -0.142. The molecule has 0 spiro atoms. The van der Waals surface area contributed by atoms with Gasteiger partial charge in [-0.2, -0.15) is 0 Å². The first kappa shape index (κ1) is 30.7. The second kappa shape index (κ2) is 13.8. The van der Waals surface area contributed by atoms with Crippen molar-refractivity contribution in [1.29, 1.82) is 0 Å². The van der Waals surface area contributed by atoms with Gasteiger partial charge in [-0.15, -0.1) is 6.42 Å². The van der Waals surface area contributed by atoms with Gasteiger partial charge < -0.3 is 35.8 Å². The van der Waals surface area contributed by atoms with Crippen molar-refractivity contribution < 1.29 is 33.8 Å². The van der Waals surface area contributed by atoms with Crippen LogP contribution in [0.3, 0.4) is 0 Å². The molecule has 208 valence electrons. The van der Waals surface area contributed by atoms with Crippen molar-refractivity contribution in [3.05, 3.63) is 59.7 Å². The van der Waals surface area contributed by atoms with E-state index in [2.05, 4.69) is 16.6 Å². The average molecular weight is 539 g/mol. The monoisotopic (exact) mass is 538 g/mol. The summed E-state index contributed by atoms with van der Waals surface area (Å²) in [6, 6.07) is 10.2. The van der Waals surface area contributed by atoms with Gasteiger partial charge in [-0.25, -0.2) is 4.79 Å². The predicted octanol–water partition coefficient (Wildman–Crippen LogP) is 1.95. The van der Waals surface area contributed by atoms with E-state index in [1.54, 1.807) is 69.3 Å². The third-order valence-corrected chi connectivity index (χ3v) is 5.35. The number of terminal acetylenes is 1. The molecular formula is C28H34N4O7. The van der Waals surface area contributed by atoms with E-state index in [4.69, 9.17) is 21.6 Å². The first-order chi connectivity index (χ1) is 18.4. The van der Waals surface area contributed by atoms with Gasteiger partial charge in [0.15, 0.2) is 0 Å². The number of ether oxygens (including phenoxy) is 2. The summed E-state index contributed by atoms with van der Waals surface area (Å²) in [7, 11) is 1.51. The van der Waals surface area contributed by atoms with Crippen LogP contribution in [0.1, 0.15) is 44.4 Å². The standard InChI is InChI=1S/C28H34N4O7/c1-6-18-9-7-8-10-21(18)24(25(35)30-19-11-13-20(38-5)14-12-19)32(15-16-33)26(36)22(17-23(29)34)31-27(37)39-28(2,3)4/h1,7-14,22,24,33H,15-17H2,2-5H3,(H2,29,34)(H,30,35)(H,31,37). The normalized spacial score (nSPS) is 12.3. The molecule has 0 aromatic heterocycles. The number of nitrogens with zero attached hydrogens (tertiary/aromatic N) is 1. The van der Waals surface area contributed by atoms with Gasteiger partial charge in [-0.05, 0) is 56.7 Å². The molecule has 11 nitrogen and oxygen atoms in total. The number of amides is 4. The van der Waals surface area contributed by atoms with Crippen LogP contribution in [0.4, 0.5) is 10.5 Å². The zero-order chi connectivity index (χ0) is 29.2. The number of aliphatic hydroxyl groups excluding tert-OH is 1. The van der Waals surface area contributed by atoms with Crippen LogP contribution in [0.5, 0.6) is 5.75 Å². The molecule has 0 heterocycles. The van der Waals surface area contributed by atoms with Crippen molar-refractivity contribution in [2.24, 2.45) is 5.73 Å². The zero-order valence-corrected chi connectivity index (χ0v) is 22.4. The molecule has 0 bridgehead atoms. The first-order valence-corrected chi connectivity index (χ1v) is 12.1. The Bertz CT molecular complexity index is 1220. The lowest BCUT2D eigenvalue weighted by Crippen LogP contribution is -2.54. The summed E-state index contributed by atoms with van der Waals surface area (Å²) >= 11 is 0. The number of carbonyl (C=O) groups excluding carboxylic acids is 4. The Kier molecular flexibility index (Phi) is 10.9. The molecule has 2 rings (SSSR count). The molecule has 0 aliphatic carbocycles. The van der Waals surface area contributed by atoms with Crippen LogP contribution in [-0.4, -0.2) is 65.7 Å². The topological polar surface area (TPSA) is 160 Å². The maximum atomic E-state index is 13.8. The minimum Gasteiger partial charge on any atom is -0.497 e. The maximum absolute atomic E-state index is 13.8. The molecule has 2 aromatic carbocycles. The second-order valence-electron chi connectivity index (χ2n) is 9.48. The van der Waals surface area contributed by atoms with Crippen molar-refractivity contribution in [2.45, 2.75) is 44.9 Å². The third kappa shape index (κ3) is 9.05. The van der Waals surface area contributed by atoms with Crippen molar-refractivity contribution in [2.75, 3.05) is 25.6 Å². The highest BCUT2D eigenvalue weighted by Gasteiger charge is 2.37. The Morgan fingerprint density at radius 2 is 1.74 bits per heavy atom. The molecule has 0 aliphatic rings. The van der Waals surface area contributed by atoms with Gasteiger partial charge in [0.05, 0.1) is 20.1 Å². The molecule has 2 aromatic rings. The molecule has 39 heavy (non-hydrogen) atoms. The zero-order valence-electron chi connectivity index (χ0n) is 22.4. The van der Waals surface area contributed by atoms with Crippen molar-refractivity contribution in [3.8, 4) is 18.1 Å². The molecule has 0 fully saturated rings. The number of methoxy groups -OCH3 is 1. The summed E-state index contributed by atoms with van der Waals surface area (Å²) in [5.41, 5.74) is 5.50. The first-order valence-electron chi connectivity index (χ1n) is 12.1. The van der Waals surface area contributed by atoms with E-state index in [0.717, 1.165) is 4.90 Å². The largest absolute Gasteiger partial charge is 0.497 e. The van der Waals surface area contributed by atoms with E-state index >= 15 is 0 Å². The van der Waals surface area contributed by atoms with E-state index in [1.807, 2.05) is 0 Å². The summed E-state index contributed by atoms with van der Waals surface area (Å²) in [6.45, 7) is 4.03. The summed E-state index contributed by atoms with van der Waals surface area (Å²) in [6.07, 6.45) is 4.15. The number of hydrogen-bond donors (Lipinski definition) is 4. The van der Waals surface area contributed by atoms with Gasteiger partial charge >= 0.3 is 6.09 Å². The SMILES string of the molecule is C#Cc1ccccc1C(C(=O)Nc1ccc(OC)cc1)N(CCO)C(=O)C(CC(N)=O)NC(=O)OC(C)(C)C. The van der Waals surface area contributed by atoms with E-state index in [1.165, 1.54) is 7.11 Å². The average Bonchev–Trinajstić information content (AvgIpc) is 2.87. The minimum atomic E-state index is -1.49. The molecule has 0 aliphatic heterocycles. The molecule has 2 unspecified atom stereocenters. The number of alkyl carbamates (subject to hydrolysis) is 1. The summed E-state index contributed by atoms with van der Waals surface area (Å²) in [5, 5.41) is 15.0. The number of primary amides is 1. The third-order valence-electron chi connectivity index (χ3n) is 5.35. The predicted molar refractivity (Wildman–Crippen MR) is 145 cm³/mol. The Balaban J connectivity index is 2.55.